The van der Waals surface area contributed by atoms with Crippen LogP contribution in [0.2, 0.25) is 0 Å². The van der Waals surface area contributed by atoms with Crippen molar-refractivity contribution >= 4 is 21.9 Å². The van der Waals surface area contributed by atoms with E-state index in [0.717, 1.165) is 43.3 Å². The second kappa shape index (κ2) is 9.28. The van der Waals surface area contributed by atoms with Crippen LogP contribution < -0.4 is 5.32 Å². The predicted molar refractivity (Wildman–Crippen MR) is 99.9 cm³/mol. The first kappa shape index (κ1) is 18.3. The zero-order valence-corrected chi connectivity index (χ0v) is 16.0. The predicted octanol–water partition coefficient (Wildman–Crippen LogP) is 3.58. The summed E-state index contributed by atoms with van der Waals surface area (Å²) in [5.74, 6) is 1.64. The van der Waals surface area contributed by atoms with Crippen molar-refractivity contribution in [2.24, 2.45) is 10.9 Å². The third-order valence-corrected chi connectivity index (χ3v) is 4.68. The van der Waals surface area contributed by atoms with Gasteiger partial charge < -0.3 is 15.0 Å². The van der Waals surface area contributed by atoms with E-state index < -0.39 is 0 Å². The van der Waals surface area contributed by atoms with Crippen molar-refractivity contribution in [1.29, 1.82) is 0 Å². The second-order valence-corrected chi connectivity index (χ2v) is 6.92. The number of guanidine groups is 1. The molecule has 1 heterocycles. The maximum absolute atomic E-state index is 5.57. The number of nitrogens with zero attached hydrogens (tertiary/aromatic N) is 2. The van der Waals surface area contributed by atoms with Gasteiger partial charge in [0.15, 0.2) is 5.96 Å². The summed E-state index contributed by atoms with van der Waals surface area (Å²) < 4.78 is 6.69. The van der Waals surface area contributed by atoms with E-state index in [1.54, 1.807) is 0 Å². The Bertz CT molecular complexity index is 533. The topological polar surface area (TPSA) is 36.9 Å². The van der Waals surface area contributed by atoms with Crippen LogP contribution in [-0.2, 0) is 11.3 Å². The molecule has 0 amide bonds. The van der Waals surface area contributed by atoms with E-state index in [1.165, 1.54) is 17.5 Å². The molecule has 4 nitrogen and oxygen atoms in total. The number of benzene rings is 1. The average molecular weight is 382 g/mol. The fraction of sp³-hybridized carbons (Fsp3) is 0.611. The number of hydrogen-bond donors (Lipinski definition) is 1. The Labute approximate surface area is 148 Å². The molecule has 1 aliphatic rings. The number of rotatable bonds is 6. The minimum atomic E-state index is 0.619. The molecule has 2 rings (SSSR count). The molecule has 0 bridgehead atoms. The van der Waals surface area contributed by atoms with E-state index in [0.29, 0.717) is 12.5 Å². The molecule has 1 unspecified atom stereocenters. The van der Waals surface area contributed by atoms with Gasteiger partial charge in [-0.3, -0.25) is 0 Å². The third-order valence-electron chi connectivity index (χ3n) is 4.18. The van der Waals surface area contributed by atoms with Crippen LogP contribution >= 0.6 is 15.9 Å². The van der Waals surface area contributed by atoms with Crippen LogP contribution in [0, 0.1) is 12.8 Å². The zero-order valence-electron chi connectivity index (χ0n) is 14.4. The highest BCUT2D eigenvalue weighted by atomic mass is 79.9. The number of halogens is 1. The summed E-state index contributed by atoms with van der Waals surface area (Å²) in [5, 5.41) is 3.43. The minimum Gasteiger partial charge on any atom is -0.381 e. The molecule has 1 aromatic rings. The van der Waals surface area contributed by atoms with Crippen molar-refractivity contribution in [1.82, 2.24) is 10.2 Å². The molecule has 128 valence electrons. The fourth-order valence-corrected chi connectivity index (χ4v) is 3.34. The van der Waals surface area contributed by atoms with Gasteiger partial charge in [0, 0.05) is 36.6 Å². The molecule has 1 saturated heterocycles. The minimum absolute atomic E-state index is 0.619. The van der Waals surface area contributed by atoms with Crippen molar-refractivity contribution < 1.29 is 4.74 Å². The van der Waals surface area contributed by atoms with Crippen molar-refractivity contribution in [3.8, 4) is 0 Å². The summed E-state index contributed by atoms with van der Waals surface area (Å²) in [5.41, 5.74) is 2.54. The molecule has 0 aliphatic carbocycles. The van der Waals surface area contributed by atoms with Crippen LogP contribution in [0.15, 0.2) is 27.7 Å². The van der Waals surface area contributed by atoms with Gasteiger partial charge >= 0.3 is 0 Å². The standard InChI is InChI=1S/C18H28BrN3O/c1-4-20-18(22-9-8-15(12-22)13-23-5-2)21-11-16-6-7-17(19)10-14(16)3/h6-7,10,15H,4-5,8-9,11-13H2,1-3H3,(H,20,21). The van der Waals surface area contributed by atoms with Crippen molar-refractivity contribution in [2.45, 2.75) is 33.7 Å². The molecule has 1 aliphatic heterocycles. The first-order valence-corrected chi connectivity index (χ1v) is 9.29. The lowest BCUT2D eigenvalue weighted by Gasteiger charge is -2.22. The number of aryl methyl sites for hydroxylation is 1. The Morgan fingerprint density at radius 2 is 2.26 bits per heavy atom. The van der Waals surface area contributed by atoms with E-state index in [9.17, 15) is 0 Å². The SMILES string of the molecule is CCNC(=NCc1ccc(Br)cc1C)N1CCC(COCC)C1. The van der Waals surface area contributed by atoms with E-state index >= 15 is 0 Å². The van der Waals surface area contributed by atoms with Gasteiger partial charge in [0.25, 0.3) is 0 Å². The van der Waals surface area contributed by atoms with Gasteiger partial charge in [0.2, 0.25) is 0 Å². The molecule has 0 saturated carbocycles. The summed E-state index contributed by atoms with van der Waals surface area (Å²) in [7, 11) is 0. The largest absolute Gasteiger partial charge is 0.381 e. The van der Waals surface area contributed by atoms with Gasteiger partial charge in [0.05, 0.1) is 13.2 Å². The van der Waals surface area contributed by atoms with E-state index in [-0.39, 0.29) is 0 Å². The fourth-order valence-electron chi connectivity index (χ4n) is 2.87. The maximum atomic E-state index is 5.57. The monoisotopic (exact) mass is 381 g/mol. The van der Waals surface area contributed by atoms with Crippen molar-refractivity contribution in [3.63, 3.8) is 0 Å². The van der Waals surface area contributed by atoms with Gasteiger partial charge in [-0.25, -0.2) is 4.99 Å². The first-order chi connectivity index (χ1) is 11.1. The second-order valence-electron chi connectivity index (χ2n) is 6.00. The molecule has 0 radical (unpaired) electrons. The van der Waals surface area contributed by atoms with Crippen molar-refractivity contribution in [3.05, 3.63) is 33.8 Å². The quantitative estimate of drug-likeness (QED) is 0.604. The van der Waals surface area contributed by atoms with Crippen LogP contribution in [0.4, 0.5) is 0 Å². The number of aliphatic imine (C=N–C) groups is 1. The lowest BCUT2D eigenvalue weighted by molar-refractivity contribution is 0.114. The normalized spacial score (nSPS) is 18.5. The highest BCUT2D eigenvalue weighted by Gasteiger charge is 2.24. The summed E-state index contributed by atoms with van der Waals surface area (Å²) in [6, 6.07) is 6.37. The summed E-state index contributed by atoms with van der Waals surface area (Å²) in [6.45, 7) is 11.7. The first-order valence-electron chi connectivity index (χ1n) is 8.50. The lowest BCUT2D eigenvalue weighted by atomic mass is 10.1. The van der Waals surface area contributed by atoms with Crippen LogP contribution in [0.3, 0.4) is 0 Å². The zero-order chi connectivity index (χ0) is 16.7. The van der Waals surface area contributed by atoms with Gasteiger partial charge in [-0.2, -0.15) is 0 Å². The molecule has 5 heteroatoms. The lowest BCUT2D eigenvalue weighted by Crippen LogP contribution is -2.40. The number of nitrogens with one attached hydrogen (secondary N) is 1. The van der Waals surface area contributed by atoms with Gasteiger partial charge in [-0.1, -0.05) is 22.0 Å². The third kappa shape index (κ3) is 5.50. The summed E-state index contributed by atoms with van der Waals surface area (Å²) in [4.78, 5) is 7.21. The Hall–Kier alpha value is -1.07. The van der Waals surface area contributed by atoms with Crippen LogP contribution in [0.1, 0.15) is 31.4 Å². The van der Waals surface area contributed by atoms with E-state index in [2.05, 4.69) is 65.1 Å². The van der Waals surface area contributed by atoms with Crippen LogP contribution in [0.5, 0.6) is 0 Å². The molecule has 1 atom stereocenters. The van der Waals surface area contributed by atoms with E-state index in [1.807, 2.05) is 0 Å². The Morgan fingerprint density at radius 1 is 1.43 bits per heavy atom. The molecule has 0 aromatic heterocycles. The molecule has 1 N–H and O–H groups in total. The number of hydrogen-bond acceptors (Lipinski definition) is 2. The highest BCUT2D eigenvalue weighted by molar-refractivity contribution is 9.10. The van der Waals surface area contributed by atoms with Gasteiger partial charge in [0.1, 0.15) is 0 Å². The Balaban J connectivity index is 2.00. The van der Waals surface area contributed by atoms with Crippen LogP contribution in [0.25, 0.3) is 0 Å². The molecule has 23 heavy (non-hydrogen) atoms. The molecular formula is C18H28BrN3O. The smallest absolute Gasteiger partial charge is 0.194 e. The van der Waals surface area contributed by atoms with Gasteiger partial charge in [-0.15, -0.1) is 0 Å². The van der Waals surface area contributed by atoms with Crippen molar-refractivity contribution in [2.75, 3.05) is 32.8 Å². The number of likely N-dealkylation sites (tertiary alicyclic amines) is 1. The Kier molecular flexibility index (Phi) is 7.37. The molecular weight excluding hydrogens is 354 g/mol. The number of ether oxygens (including phenoxy) is 1. The molecule has 1 fully saturated rings. The van der Waals surface area contributed by atoms with E-state index in [4.69, 9.17) is 9.73 Å². The van der Waals surface area contributed by atoms with Gasteiger partial charge in [-0.05, 0) is 50.5 Å². The maximum Gasteiger partial charge on any atom is 0.194 e. The Morgan fingerprint density at radius 3 is 2.96 bits per heavy atom. The van der Waals surface area contributed by atoms with Crippen LogP contribution in [-0.4, -0.2) is 43.7 Å². The molecule has 1 aromatic carbocycles. The molecule has 0 spiro atoms. The highest BCUT2D eigenvalue weighted by Crippen LogP contribution is 2.19. The summed E-state index contributed by atoms with van der Waals surface area (Å²) in [6.07, 6.45) is 1.18. The summed E-state index contributed by atoms with van der Waals surface area (Å²) >= 11 is 3.51. The average Bonchev–Trinajstić information content (AvgIpc) is 2.99.